The summed E-state index contributed by atoms with van der Waals surface area (Å²) in [5, 5.41) is 9.24. The molecule has 1 saturated heterocycles. The van der Waals surface area contributed by atoms with Crippen molar-refractivity contribution in [3.05, 3.63) is 16.6 Å². The highest BCUT2D eigenvalue weighted by Gasteiger charge is 2.21. The topological polar surface area (TPSA) is 36.4 Å². The molecule has 78 valence electrons. The van der Waals surface area contributed by atoms with Gasteiger partial charge in [-0.2, -0.15) is 0 Å². The van der Waals surface area contributed by atoms with E-state index < -0.39 is 0 Å². The van der Waals surface area contributed by atoms with Gasteiger partial charge in [0.25, 0.3) is 0 Å². The molecule has 2 heterocycles. The molecule has 1 N–H and O–H groups in total. The first-order valence-electron chi connectivity index (χ1n) is 5.12. The highest BCUT2D eigenvalue weighted by molar-refractivity contribution is 7.09. The van der Waals surface area contributed by atoms with E-state index in [-0.39, 0.29) is 0 Å². The van der Waals surface area contributed by atoms with Crippen LogP contribution in [0.5, 0.6) is 0 Å². The lowest BCUT2D eigenvalue weighted by molar-refractivity contribution is 0.0849. The summed E-state index contributed by atoms with van der Waals surface area (Å²) in [4.78, 5) is 7.74. The molecule has 14 heavy (non-hydrogen) atoms. The number of piperidine rings is 1. The Bertz CT molecular complexity index is 263. The van der Waals surface area contributed by atoms with Gasteiger partial charge in [-0.3, -0.25) is 9.88 Å². The number of thiazole rings is 1. The Kier molecular flexibility index (Phi) is 3.50. The number of hydrogen-bond acceptors (Lipinski definition) is 4. The smallest absolute Gasteiger partial charge is 0.0794 e. The summed E-state index contributed by atoms with van der Waals surface area (Å²) in [6, 6.07) is 0.367. The number of aromatic nitrogens is 1. The van der Waals surface area contributed by atoms with E-state index in [1.807, 2.05) is 11.7 Å². The van der Waals surface area contributed by atoms with Crippen LogP contribution in [0.25, 0.3) is 0 Å². The van der Waals surface area contributed by atoms with Crippen LogP contribution in [0.2, 0.25) is 0 Å². The molecule has 4 heteroatoms. The van der Waals surface area contributed by atoms with Crippen LogP contribution in [0, 0.1) is 0 Å². The zero-order valence-corrected chi connectivity index (χ0v) is 9.04. The summed E-state index contributed by atoms with van der Waals surface area (Å²) in [7, 11) is 0. The molecule has 0 aromatic carbocycles. The van der Waals surface area contributed by atoms with Crippen LogP contribution in [0.3, 0.4) is 0 Å². The summed E-state index contributed by atoms with van der Waals surface area (Å²) in [6.07, 6.45) is 5.57. The van der Waals surface area contributed by atoms with Gasteiger partial charge in [-0.25, -0.2) is 0 Å². The van der Waals surface area contributed by atoms with Crippen molar-refractivity contribution in [1.82, 2.24) is 9.88 Å². The molecule has 2 rings (SSSR count). The number of likely N-dealkylation sites (tertiary alicyclic amines) is 1. The van der Waals surface area contributed by atoms with Gasteiger partial charge in [0.2, 0.25) is 0 Å². The second-order valence-electron chi connectivity index (χ2n) is 3.77. The van der Waals surface area contributed by atoms with E-state index in [4.69, 9.17) is 0 Å². The fraction of sp³-hybridized carbons (Fsp3) is 0.700. The molecular weight excluding hydrogens is 196 g/mol. The molecule has 0 amide bonds. The highest BCUT2D eigenvalue weighted by Crippen LogP contribution is 2.20. The van der Waals surface area contributed by atoms with Gasteiger partial charge in [-0.05, 0) is 19.4 Å². The minimum Gasteiger partial charge on any atom is -0.395 e. The molecule has 1 aromatic rings. The van der Waals surface area contributed by atoms with Crippen molar-refractivity contribution in [2.24, 2.45) is 0 Å². The molecule has 3 nitrogen and oxygen atoms in total. The normalized spacial score (nSPS) is 23.9. The van der Waals surface area contributed by atoms with Crippen molar-refractivity contribution < 1.29 is 5.11 Å². The molecule has 0 saturated carbocycles. The third-order valence-electron chi connectivity index (χ3n) is 2.80. The summed E-state index contributed by atoms with van der Waals surface area (Å²) in [5.74, 6) is 0. The Labute approximate surface area is 88.4 Å². The molecule has 1 aliphatic heterocycles. The first-order chi connectivity index (χ1) is 6.90. The summed E-state index contributed by atoms with van der Waals surface area (Å²) in [6.45, 7) is 2.36. The number of aliphatic hydroxyl groups is 1. The van der Waals surface area contributed by atoms with E-state index in [2.05, 4.69) is 9.88 Å². The first kappa shape index (κ1) is 10.1. The maximum atomic E-state index is 9.24. The lowest BCUT2D eigenvalue weighted by atomic mass is 10.0. The van der Waals surface area contributed by atoms with Crippen molar-refractivity contribution in [3.8, 4) is 0 Å². The molecule has 1 atom stereocenters. The Balaban J connectivity index is 1.94. The maximum Gasteiger partial charge on any atom is 0.0794 e. The minimum atomic E-state index is 0.290. The molecule has 1 fully saturated rings. The van der Waals surface area contributed by atoms with Crippen molar-refractivity contribution in [2.75, 3.05) is 13.2 Å². The van der Waals surface area contributed by atoms with Crippen molar-refractivity contribution in [1.29, 1.82) is 0 Å². The summed E-state index contributed by atoms with van der Waals surface area (Å²) in [5.41, 5.74) is 1.87. The van der Waals surface area contributed by atoms with Gasteiger partial charge in [-0.1, -0.05) is 6.42 Å². The monoisotopic (exact) mass is 212 g/mol. The van der Waals surface area contributed by atoms with E-state index in [1.165, 1.54) is 17.7 Å². The summed E-state index contributed by atoms with van der Waals surface area (Å²) < 4.78 is 0. The van der Waals surface area contributed by atoms with E-state index >= 15 is 0 Å². The number of rotatable bonds is 3. The van der Waals surface area contributed by atoms with E-state index in [0.717, 1.165) is 19.5 Å². The highest BCUT2D eigenvalue weighted by atomic mass is 32.1. The average Bonchev–Trinajstić information content (AvgIpc) is 2.71. The van der Waals surface area contributed by atoms with Gasteiger partial charge in [0, 0.05) is 23.7 Å². The van der Waals surface area contributed by atoms with Crippen molar-refractivity contribution in [3.63, 3.8) is 0 Å². The van der Waals surface area contributed by atoms with Crippen LogP contribution in [-0.4, -0.2) is 34.2 Å². The second kappa shape index (κ2) is 4.87. The molecule has 0 bridgehead atoms. The third-order valence-corrected chi connectivity index (χ3v) is 3.57. The quantitative estimate of drug-likeness (QED) is 0.824. The van der Waals surface area contributed by atoms with E-state index in [0.29, 0.717) is 12.6 Å². The fourth-order valence-electron chi connectivity index (χ4n) is 2.00. The number of hydrogen-bond donors (Lipinski definition) is 1. The van der Waals surface area contributed by atoms with E-state index in [1.54, 1.807) is 11.3 Å². The van der Waals surface area contributed by atoms with Crippen LogP contribution in [0.15, 0.2) is 11.7 Å². The van der Waals surface area contributed by atoms with Crippen LogP contribution < -0.4 is 0 Å². The molecule has 0 unspecified atom stereocenters. The van der Waals surface area contributed by atoms with Crippen LogP contribution in [0.1, 0.15) is 24.1 Å². The predicted molar refractivity (Wildman–Crippen MR) is 57.2 cm³/mol. The van der Waals surface area contributed by atoms with Crippen LogP contribution >= 0.6 is 11.3 Å². The lowest BCUT2D eigenvalue weighted by Gasteiger charge is -2.33. The Hall–Kier alpha value is -0.450. The lowest BCUT2D eigenvalue weighted by Crippen LogP contribution is -2.40. The standard InChI is InChI=1S/C10H16N2OS/c13-7-9-3-1-2-4-12(9)6-10-5-11-8-14-10/h5,8-9,13H,1-4,6-7H2/t9-/m1/s1. The van der Waals surface area contributed by atoms with Crippen molar-refractivity contribution in [2.45, 2.75) is 31.8 Å². The summed E-state index contributed by atoms with van der Waals surface area (Å²) >= 11 is 1.69. The first-order valence-corrected chi connectivity index (χ1v) is 6.00. The minimum absolute atomic E-state index is 0.290. The SMILES string of the molecule is OC[C@H]1CCCCN1Cc1cncs1. The molecule has 0 aliphatic carbocycles. The molecule has 1 aliphatic rings. The Morgan fingerprint density at radius 2 is 2.50 bits per heavy atom. The van der Waals surface area contributed by atoms with Gasteiger partial charge in [0.15, 0.2) is 0 Å². The van der Waals surface area contributed by atoms with Crippen LogP contribution in [-0.2, 0) is 6.54 Å². The third kappa shape index (κ3) is 2.32. The number of nitrogens with zero attached hydrogens (tertiary/aromatic N) is 2. The number of aliphatic hydroxyl groups excluding tert-OH is 1. The zero-order chi connectivity index (χ0) is 9.80. The van der Waals surface area contributed by atoms with Gasteiger partial charge in [-0.15, -0.1) is 11.3 Å². The van der Waals surface area contributed by atoms with Gasteiger partial charge < -0.3 is 5.11 Å². The van der Waals surface area contributed by atoms with Gasteiger partial charge >= 0.3 is 0 Å². The molecule has 1 aromatic heterocycles. The zero-order valence-electron chi connectivity index (χ0n) is 8.22. The predicted octanol–water partition coefficient (Wildman–Crippen LogP) is 1.49. The molecule has 0 radical (unpaired) electrons. The molecular formula is C10H16N2OS. The van der Waals surface area contributed by atoms with Crippen molar-refractivity contribution >= 4 is 11.3 Å². The van der Waals surface area contributed by atoms with Crippen LogP contribution in [0.4, 0.5) is 0 Å². The Morgan fingerprint density at radius 1 is 1.57 bits per heavy atom. The van der Waals surface area contributed by atoms with E-state index in [9.17, 15) is 5.11 Å². The average molecular weight is 212 g/mol. The second-order valence-corrected chi connectivity index (χ2v) is 4.74. The van der Waals surface area contributed by atoms with Gasteiger partial charge in [0.05, 0.1) is 12.1 Å². The largest absolute Gasteiger partial charge is 0.395 e. The maximum absolute atomic E-state index is 9.24. The molecule has 0 spiro atoms. The Morgan fingerprint density at radius 3 is 3.21 bits per heavy atom. The fourth-order valence-corrected chi connectivity index (χ4v) is 2.61. The van der Waals surface area contributed by atoms with Gasteiger partial charge in [0.1, 0.15) is 0 Å².